The minimum atomic E-state index is 1.19. The van der Waals surface area contributed by atoms with Gasteiger partial charge in [0.15, 0.2) is 0 Å². The molecule has 2 aromatic rings. The van der Waals surface area contributed by atoms with Gasteiger partial charge in [0.05, 0.1) is 6.54 Å². The first-order valence-electron chi connectivity index (χ1n) is 9.06. The van der Waals surface area contributed by atoms with Crippen LogP contribution in [0.5, 0.6) is 0 Å². The van der Waals surface area contributed by atoms with Gasteiger partial charge < -0.3 is 9.80 Å². The van der Waals surface area contributed by atoms with E-state index in [9.17, 15) is 0 Å². The smallest absolute Gasteiger partial charge is 0.127 e. The molecule has 1 aliphatic heterocycles. The maximum atomic E-state index is 2.34. The van der Waals surface area contributed by atoms with Crippen LogP contribution in [0.3, 0.4) is 0 Å². The van der Waals surface area contributed by atoms with Crippen molar-refractivity contribution in [1.82, 2.24) is 0 Å². The summed E-state index contributed by atoms with van der Waals surface area (Å²) in [5, 5.41) is 0. The van der Waals surface area contributed by atoms with E-state index in [-0.39, 0.29) is 0 Å². The number of quaternary nitrogens is 2. The van der Waals surface area contributed by atoms with E-state index in [1.165, 1.54) is 68.8 Å². The molecule has 122 valence electrons. The summed E-state index contributed by atoms with van der Waals surface area (Å²) >= 11 is 0. The Hall–Kier alpha value is -1.64. The molecule has 2 nitrogen and oxygen atoms in total. The molecule has 0 spiro atoms. The number of piperazine rings is 1. The second-order valence-electron chi connectivity index (χ2n) is 7.00. The van der Waals surface area contributed by atoms with E-state index in [0.717, 1.165) is 0 Å². The van der Waals surface area contributed by atoms with Gasteiger partial charge in [0.2, 0.25) is 0 Å². The van der Waals surface area contributed by atoms with Gasteiger partial charge in [-0.25, -0.2) is 0 Å². The fraction of sp³-hybridized carbons (Fsp3) is 0.429. The molecule has 0 atom stereocenters. The van der Waals surface area contributed by atoms with Crippen LogP contribution >= 0.6 is 0 Å². The molecule has 23 heavy (non-hydrogen) atoms. The normalized spacial score (nSPS) is 21.3. The van der Waals surface area contributed by atoms with Crippen molar-refractivity contribution in [1.29, 1.82) is 0 Å². The summed E-state index contributed by atoms with van der Waals surface area (Å²) in [4.78, 5) is 3.55. The number of benzene rings is 2. The fourth-order valence-corrected chi connectivity index (χ4v) is 3.68. The highest BCUT2D eigenvalue weighted by atomic mass is 15.3. The van der Waals surface area contributed by atoms with Crippen molar-refractivity contribution in [3.8, 4) is 0 Å². The first-order chi connectivity index (χ1) is 11.3. The lowest BCUT2D eigenvalue weighted by Crippen LogP contribution is -3.27. The van der Waals surface area contributed by atoms with Gasteiger partial charge in [0.1, 0.15) is 32.7 Å². The van der Waals surface area contributed by atoms with Crippen LogP contribution in [-0.4, -0.2) is 32.7 Å². The molecule has 2 heteroatoms. The summed E-state index contributed by atoms with van der Waals surface area (Å²) in [6.07, 6.45) is 2.54. The zero-order chi connectivity index (χ0) is 15.9. The van der Waals surface area contributed by atoms with E-state index in [0.29, 0.717) is 0 Å². The van der Waals surface area contributed by atoms with E-state index in [4.69, 9.17) is 0 Å². The molecule has 0 bridgehead atoms. The Balaban J connectivity index is 1.37. The minimum Gasteiger partial charge on any atom is -0.326 e. The Kier molecular flexibility index (Phi) is 5.84. The number of hydrogen-bond acceptors (Lipinski definition) is 0. The summed E-state index contributed by atoms with van der Waals surface area (Å²) in [6.45, 7) is 9.99. The lowest BCUT2D eigenvalue weighted by molar-refractivity contribution is -1.02. The Morgan fingerprint density at radius 2 is 1.48 bits per heavy atom. The maximum Gasteiger partial charge on any atom is 0.127 e. The van der Waals surface area contributed by atoms with Crippen LogP contribution in [0.25, 0.3) is 0 Å². The Morgan fingerprint density at radius 3 is 2.22 bits per heavy atom. The molecule has 0 aliphatic carbocycles. The van der Waals surface area contributed by atoms with Gasteiger partial charge in [0.25, 0.3) is 0 Å². The molecule has 0 unspecified atom stereocenters. The van der Waals surface area contributed by atoms with Crippen LogP contribution in [0.1, 0.15) is 23.1 Å². The predicted octanol–water partition coefficient (Wildman–Crippen LogP) is 0.911. The van der Waals surface area contributed by atoms with Gasteiger partial charge >= 0.3 is 0 Å². The lowest BCUT2D eigenvalue weighted by atomic mass is 10.1. The molecule has 3 rings (SSSR count). The standard InChI is InChI=1S/C21H28N2/c1-19-7-5-10-21(17-19)18-23-15-13-22(14-16-23)12-6-11-20-8-3-2-4-9-20/h2-5,7-10,17H,6,11-16,18H2,1H3/p+2. The highest BCUT2D eigenvalue weighted by Crippen LogP contribution is 2.02. The molecule has 0 aromatic heterocycles. The third kappa shape index (κ3) is 5.19. The molecule has 0 amide bonds. The first-order valence-corrected chi connectivity index (χ1v) is 9.06. The van der Waals surface area contributed by atoms with E-state index in [1.54, 1.807) is 9.80 Å². The third-order valence-corrected chi connectivity index (χ3v) is 5.04. The average molecular weight is 310 g/mol. The molecular formula is C21H30N2+2. The molecule has 0 saturated carbocycles. The van der Waals surface area contributed by atoms with Crippen molar-refractivity contribution in [2.75, 3.05) is 32.7 Å². The molecule has 1 fully saturated rings. The van der Waals surface area contributed by atoms with Crippen LogP contribution < -0.4 is 9.80 Å². The molecule has 1 saturated heterocycles. The molecular weight excluding hydrogens is 280 g/mol. The summed E-state index contributed by atoms with van der Waals surface area (Å²) in [5.41, 5.74) is 4.36. The minimum absolute atomic E-state index is 1.19. The van der Waals surface area contributed by atoms with Crippen LogP contribution in [0, 0.1) is 6.92 Å². The molecule has 1 heterocycles. The van der Waals surface area contributed by atoms with Gasteiger partial charge in [-0.2, -0.15) is 0 Å². The Bertz CT molecular complexity index is 586. The second-order valence-corrected chi connectivity index (χ2v) is 7.00. The van der Waals surface area contributed by atoms with Gasteiger partial charge in [-0.05, 0) is 18.9 Å². The second kappa shape index (κ2) is 8.28. The highest BCUT2D eigenvalue weighted by Gasteiger charge is 2.22. The van der Waals surface area contributed by atoms with Gasteiger partial charge in [0, 0.05) is 12.0 Å². The van der Waals surface area contributed by atoms with Crippen molar-refractivity contribution < 1.29 is 9.80 Å². The largest absolute Gasteiger partial charge is 0.326 e. The highest BCUT2D eigenvalue weighted by molar-refractivity contribution is 5.21. The SMILES string of the molecule is Cc1cccc(C[NH+]2CC[NH+](CCCc3ccccc3)CC2)c1. The van der Waals surface area contributed by atoms with E-state index >= 15 is 0 Å². The lowest BCUT2D eigenvalue weighted by Gasteiger charge is -2.29. The first kappa shape index (κ1) is 16.2. The molecule has 1 aliphatic rings. The van der Waals surface area contributed by atoms with Crippen molar-refractivity contribution in [2.24, 2.45) is 0 Å². The van der Waals surface area contributed by atoms with E-state index < -0.39 is 0 Å². The van der Waals surface area contributed by atoms with Crippen molar-refractivity contribution in [3.05, 3.63) is 71.3 Å². The fourth-order valence-electron chi connectivity index (χ4n) is 3.68. The number of rotatable bonds is 6. The maximum absolute atomic E-state index is 2.34. The molecule has 2 N–H and O–H groups in total. The van der Waals surface area contributed by atoms with Crippen LogP contribution in [-0.2, 0) is 13.0 Å². The van der Waals surface area contributed by atoms with Crippen molar-refractivity contribution in [3.63, 3.8) is 0 Å². The van der Waals surface area contributed by atoms with Crippen LogP contribution in [0.2, 0.25) is 0 Å². The van der Waals surface area contributed by atoms with Gasteiger partial charge in [-0.1, -0.05) is 60.2 Å². The summed E-state index contributed by atoms with van der Waals surface area (Å²) in [7, 11) is 0. The van der Waals surface area contributed by atoms with Gasteiger partial charge in [-0.15, -0.1) is 0 Å². The summed E-state index contributed by atoms with van der Waals surface area (Å²) in [6, 6.07) is 19.9. The third-order valence-electron chi connectivity index (χ3n) is 5.04. The van der Waals surface area contributed by atoms with Crippen molar-refractivity contribution in [2.45, 2.75) is 26.3 Å². The quantitative estimate of drug-likeness (QED) is 0.785. The number of hydrogen-bond donors (Lipinski definition) is 2. The molecule has 2 aromatic carbocycles. The van der Waals surface area contributed by atoms with E-state index in [1.807, 2.05) is 0 Å². The van der Waals surface area contributed by atoms with Crippen molar-refractivity contribution >= 4 is 0 Å². The Morgan fingerprint density at radius 1 is 0.783 bits per heavy atom. The van der Waals surface area contributed by atoms with Gasteiger partial charge in [-0.3, -0.25) is 0 Å². The van der Waals surface area contributed by atoms with Crippen LogP contribution in [0.4, 0.5) is 0 Å². The number of aryl methyl sites for hydroxylation is 2. The topological polar surface area (TPSA) is 8.88 Å². The average Bonchev–Trinajstić information content (AvgIpc) is 2.58. The Labute approximate surface area is 140 Å². The number of nitrogens with one attached hydrogen (secondary N) is 2. The summed E-state index contributed by atoms with van der Waals surface area (Å²) in [5.74, 6) is 0. The van der Waals surface area contributed by atoms with E-state index in [2.05, 4.69) is 61.5 Å². The summed E-state index contributed by atoms with van der Waals surface area (Å²) < 4.78 is 0. The zero-order valence-electron chi connectivity index (χ0n) is 14.4. The molecule has 0 radical (unpaired) electrons. The zero-order valence-corrected chi connectivity index (χ0v) is 14.4. The van der Waals surface area contributed by atoms with Crippen LogP contribution in [0.15, 0.2) is 54.6 Å². The predicted molar refractivity (Wildman–Crippen MR) is 95.9 cm³/mol. The monoisotopic (exact) mass is 310 g/mol.